The van der Waals surface area contributed by atoms with Gasteiger partial charge in [0.05, 0.1) is 19.3 Å². The van der Waals surface area contributed by atoms with E-state index in [4.69, 9.17) is 9.84 Å². The molecule has 0 aliphatic heterocycles. The van der Waals surface area contributed by atoms with Gasteiger partial charge in [-0.2, -0.15) is 0 Å². The van der Waals surface area contributed by atoms with Gasteiger partial charge in [0.1, 0.15) is 5.54 Å². The smallest absolute Gasteiger partial charge is 0.329 e. The van der Waals surface area contributed by atoms with Crippen LogP contribution in [0.1, 0.15) is 13.8 Å². The number of hydrogen-bond acceptors (Lipinski definition) is 4. The van der Waals surface area contributed by atoms with E-state index in [0.29, 0.717) is 0 Å². The monoisotopic (exact) mass is 262 g/mol. The van der Waals surface area contributed by atoms with Crippen molar-refractivity contribution in [3.63, 3.8) is 0 Å². The molecule has 106 valence electrons. The molecule has 2 N–H and O–H groups in total. The van der Waals surface area contributed by atoms with Crippen LogP contribution in [0.2, 0.25) is 0 Å². The van der Waals surface area contributed by atoms with E-state index < -0.39 is 23.6 Å². The average Bonchev–Trinajstić information content (AvgIpc) is 2.26. The molecule has 0 saturated heterocycles. The lowest BCUT2D eigenvalue weighted by atomic mass is 10.0. The maximum atomic E-state index is 12.0. The number of carboxylic acids is 1. The molecule has 7 heteroatoms. The molecule has 0 saturated carbocycles. The number of carbonyl (C=O) groups excluding carboxylic acids is 1. The first kappa shape index (κ1) is 16.7. The summed E-state index contributed by atoms with van der Waals surface area (Å²) in [6.07, 6.45) is -0.801. The van der Waals surface area contributed by atoms with Gasteiger partial charge in [-0.1, -0.05) is 0 Å². The first-order valence-corrected chi connectivity index (χ1v) is 5.53. The molecule has 0 radical (unpaired) electrons. The van der Waals surface area contributed by atoms with Gasteiger partial charge in [-0.25, -0.2) is 9.59 Å². The minimum Gasteiger partial charge on any atom is -0.480 e. The average molecular weight is 262 g/mol. The van der Waals surface area contributed by atoms with E-state index in [1.165, 1.54) is 40.0 Å². The highest BCUT2D eigenvalue weighted by atomic mass is 16.5. The summed E-state index contributed by atoms with van der Waals surface area (Å²) in [7, 11) is 4.36. The van der Waals surface area contributed by atoms with Crippen molar-refractivity contribution < 1.29 is 24.5 Å². The first-order valence-electron chi connectivity index (χ1n) is 5.53. The van der Waals surface area contributed by atoms with Gasteiger partial charge in [-0.05, 0) is 13.8 Å². The van der Waals surface area contributed by atoms with Gasteiger partial charge < -0.3 is 24.7 Å². The molecule has 0 fully saturated rings. The Hall–Kier alpha value is -1.34. The van der Waals surface area contributed by atoms with Crippen molar-refractivity contribution >= 4 is 12.0 Å². The summed E-state index contributed by atoms with van der Waals surface area (Å²) in [6.45, 7) is 3.07. The maximum Gasteiger partial charge on any atom is 0.329 e. The van der Waals surface area contributed by atoms with Crippen LogP contribution in [-0.4, -0.2) is 78.0 Å². The topological polar surface area (TPSA) is 90.3 Å². The van der Waals surface area contributed by atoms with E-state index in [1.807, 2.05) is 0 Å². The molecule has 0 spiro atoms. The second-order valence-corrected chi connectivity index (χ2v) is 4.70. The molecule has 0 aromatic carbocycles. The molecule has 1 atom stereocenters. The van der Waals surface area contributed by atoms with Crippen LogP contribution in [0.15, 0.2) is 0 Å². The number of amides is 2. The van der Waals surface area contributed by atoms with E-state index in [2.05, 4.69) is 0 Å². The van der Waals surface area contributed by atoms with Crippen molar-refractivity contribution in [2.24, 2.45) is 0 Å². The molecule has 1 unspecified atom stereocenters. The minimum atomic E-state index is -1.31. The van der Waals surface area contributed by atoms with Gasteiger partial charge in [0.25, 0.3) is 0 Å². The lowest BCUT2D eigenvalue weighted by Gasteiger charge is -2.35. The summed E-state index contributed by atoms with van der Waals surface area (Å²) in [4.78, 5) is 25.4. The van der Waals surface area contributed by atoms with Crippen LogP contribution < -0.4 is 0 Å². The van der Waals surface area contributed by atoms with Crippen LogP contribution in [-0.2, 0) is 9.53 Å². The largest absolute Gasteiger partial charge is 0.480 e. The fourth-order valence-corrected chi connectivity index (χ4v) is 1.28. The normalized spacial score (nSPS) is 13.0. The predicted molar refractivity (Wildman–Crippen MR) is 65.4 cm³/mol. The summed E-state index contributed by atoms with van der Waals surface area (Å²) in [6, 6.07) is -0.474. The van der Waals surface area contributed by atoms with Gasteiger partial charge in [0.2, 0.25) is 0 Å². The fourth-order valence-electron chi connectivity index (χ4n) is 1.28. The zero-order valence-corrected chi connectivity index (χ0v) is 11.5. The molecule has 0 bridgehead atoms. The SMILES string of the molecule is COCC(O)CN(C)C(=O)N(C)C(C)(C)C(=O)O. The predicted octanol–water partition coefficient (Wildman–Crippen LogP) is -0.159. The molecule has 0 rings (SSSR count). The quantitative estimate of drug-likeness (QED) is 0.694. The number of nitrogens with zero attached hydrogens (tertiary/aromatic N) is 2. The number of ether oxygens (including phenoxy) is 1. The summed E-state index contributed by atoms with van der Waals surface area (Å²) < 4.78 is 4.75. The van der Waals surface area contributed by atoms with Gasteiger partial charge in [-0.3, -0.25) is 0 Å². The molecular weight excluding hydrogens is 240 g/mol. The summed E-state index contributed by atoms with van der Waals surface area (Å²) in [5, 5.41) is 18.5. The number of carbonyl (C=O) groups is 2. The van der Waals surface area contributed by atoms with Crippen molar-refractivity contribution in [1.29, 1.82) is 0 Å². The summed E-state index contributed by atoms with van der Waals surface area (Å²) in [5.41, 5.74) is -1.31. The van der Waals surface area contributed by atoms with Crippen molar-refractivity contribution in [3.8, 4) is 0 Å². The van der Waals surface area contributed by atoms with Crippen LogP contribution >= 0.6 is 0 Å². The Labute approximate surface area is 107 Å². The van der Waals surface area contributed by atoms with Gasteiger partial charge in [-0.15, -0.1) is 0 Å². The van der Waals surface area contributed by atoms with Crippen molar-refractivity contribution in [2.45, 2.75) is 25.5 Å². The molecular formula is C11H22N2O5. The van der Waals surface area contributed by atoms with Gasteiger partial charge in [0.15, 0.2) is 0 Å². The molecule has 18 heavy (non-hydrogen) atoms. The summed E-state index contributed by atoms with van der Waals surface area (Å²) >= 11 is 0. The number of aliphatic hydroxyl groups excluding tert-OH is 1. The van der Waals surface area contributed by atoms with Crippen molar-refractivity contribution in [1.82, 2.24) is 9.80 Å². The number of carboxylic acid groups (broad SMARTS) is 1. The van der Waals surface area contributed by atoms with Crippen LogP contribution in [0.3, 0.4) is 0 Å². The molecule has 0 aromatic rings. The number of likely N-dealkylation sites (N-methyl/N-ethyl adjacent to an activating group) is 2. The van der Waals surface area contributed by atoms with Gasteiger partial charge in [0, 0.05) is 21.2 Å². The van der Waals surface area contributed by atoms with Crippen LogP contribution in [0.5, 0.6) is 0 Å². The second kappa shape index (κ2) is 6.55. The standard InChI is InChI=1S/C11H22N2O5/c1-11(2,9(15)16)13(4)10(17)12(3)6-8(14)7-18-5/h8,14H,6-7H2,1-5H3,(H,15,16). The number of hydrogen-bond donors (Lipinski definition) is 2. The molecule has 7 nitrogen and oxygen atoms in total. The van der Waals surface area contributed by atoms with Crippen LogP contribution in [0, 0.1) is 0 Å². The molecule has 0 heterocycles. The van der Waals surface area contributed by atoms with E-state index >= 15 is 0 Å². The Morgan fingerprint density at radius 3 is 2.22 bits per heavy atom. The number of urea groups is 1. The Morgan fingerprint density at radius 1 is 1.33 bits per heavy atom. The Morgan fingerprint density at radius 2 is 1.83 bits per heavy atom. The van der Waals surface area contributed by atoms with Crippen molar-refractivity contribution in [2.75, 3.05) is 34.4 Å². The highest BCUT2D eigenvalue weighted by Crippen LogP contribution is 2.14. The second-order valence-electron chi connectivity index (χ2n) is 4.70. The van der Waals surface area contributed by atoms with Gasteiger partial charge >= 0.3 is 12.0 Å². The molecule has 0 aliphatic carbocycles. The lowest BCUT2D eigenvalue weighted by molar-refractivity contribution is -0.147. The Balaban J connectivity index is 4.60. The third-order valence-corrected chi connectivity index (χ3v) is 2.82. The highest BCUT2D eigenvalue weighted by molar-refractivity contribution is 5.85. The number of methoxy groups -OCH3 is 1. The molecule has 0 aromatic heterocycles. The first-order chi connectivity index (χ1) is 8.14. The lowest BCUT2D eigenvalue weighted by Crippen LogP contribution is -2.55. The van der Waals surface area contributed by atoms with Crippen LogP contribution in [0.25, 0.3) is 0 Å². The molecule has 0 aliphatic rings. The van der Waals surface area contributed by atoms with E-state index in [1.54, 1.807) is 0 Å². The minimum absolute atomic E-state index is 0.0761. The number of aliphatic hydroxyl groups is 1. The van der Waals surface area contributed by atoms with E-state index in [9.17, 15) is 14.7 Å². The zero-order valence-electron chi connectivity index (χ0n) is 11.5. The number of aliphatic carboxylic acids is 1. The third kappa shape index (κ3) is 4.15. The zero-order chi connectivity index (χ0) is 14.5. The Kier molecular flexibility index (Phi) is 6.07. The maximum absolute atomic E-state index is 12.0. The molecule has 2 amide bonds. The third-order valence-electron chi connectivity index (χ3n) is 2.82. The van der Waals surface area contributed by atoms with Crippen LogP contribution in [0.4, 0.5) is 4.79 Å². The van der Waals surface area contributed by atoms with E-state index in [0.717, 1.165) is 4.90 Å². The van der Waals surface area contributed by atoms with E-state index in [-0.39, 0.29) is 13.2 Å². The highest BCUT2D eigenvalue weighted by Gasteiger charge is 2.36. The fraction of sp³-hybridized carbons (Fsp3) is 0.818. The van der Waals surface area contributed by atoms with Crippen molar-refractivity contribution in [3.05, 3.63) is 0 Å². The Bertz CT molecular complexity index is 306. The number of rotatable bonds is 6. The summed E-state index contributed by atoms with van der Waals surface area (Å²) in [5.74, 6) is -1.09.